The molecule has 0 fully saturated rings. The summed E-state index contributed by atoms with van der Waals surface area (Å²) in [5.41, 5.74) is -0.104. The Morgan fingerprint density at radius 1 is 1.29 bits per heavy atom. The van der Waals surface area contributed by atoms with Gasteiger partial charge in [-0.3, -0.25) is 0 Å². The number of rotatable bonds is 3. The van der Waals surface area contributed by atoms with Crippen LogP contribution in [0.3, 0.4) is 0 Å². The molecule has 0 aliphatic rings. The van der Waals surface area contributed by atoms with E-state index in [-0.39, 0.29) is 16.5 Å². The van der Waals surface area contributed by atoms with E-state index in [9.17, 15) is 13.2 Å². The molecule has 0 aromatic heterocycles. The molecule has 0 bridgehead atoms. The van der Waals surface area contributed by atoms with Gasteiger partial charge in [-0.05, 0) is 35.9 Å². The Bertz CT molecular complexity index is 341. The van der Waals surface area contributed by atoms with Crippen LogP contribution in [0, 0.1) is 17.5 Å². The minimum Gasteiger partial charge on any atom is -0.319 e. The van der Waals surface area contributed by atoms with Crippen LogP contribution >= 0.6 is 15.9 Å². The van der Waals surface area contributed by atoms with Crippen LogP contribution in [0.5, 0.6) is 0 Å². The van der Waals surface area contributed by atoms with Gasteiger partial charge in [0.1, 0.15) is 17.5 Å². The molecule has 78 valence electrons. The van der Waals surface area contributed by atoms with E-state index < -0.39 is 17.5 Å². The summed E-state index contributed by atoms with van der Waals surface area (Å²) in [5.74, 6) is -2.63. The molecule has 0 aliphatic carbocycles. The van der Waals surface area contributed by atoms with E-state index in [4.69, 9.17) is 0 Å². The summed E-state index contributed by atoms with van der Waals surface area (Å²) in [6, 6.07) is 0.679. The summed E-state index contributed by atoms with van der Waals surface area (Å²) in [6.07, 6.45) is 0.188. The van der Waals surface area contributed by atoms with Crippen LogP contribution in [0.15, 0.2) is 10.5 Å². The van der Waals surface area contributed by atoms with E-state index >= 15 is 0 Å². The van der Waals surface area contributed by atoms with E-state index in [1.807, 2.05) is 0 Å². The zero-order chi connectivity index (χ0) is 10.7. The van der Waals surface area contributed by atoms with Gasteiger partial charge in [-0.1, -0.05) is 0 Å². The molecule has 0 unspecified atom stereocenters. The molecule has 1 nitrogen and oxygen atoms in total. The molecule has 0 radical (unpaired) electrons. The zero-order valence-electron chi connectivity index (χ0n) is 7.50. The normalized spacial score (nSPS) is 10.6. The number of likely N-dealkylation sites (N-methyl/N-ethyl adjacent to an activating group) is 1. The summed E-state index contributed by atoms with van der Waals surface area (Å²) >= 11 is 2.72. The highest BCUT2D eigenvalue weighted by Crippen LogP contribution is 2.25. The van der Waals surface area contributed by atoms with Crippen LogP contribution in [-0.2, 0) is 6.42 Å². The summed E-state index contributed by atoms with van der Waals surface area (Å²) in [7, 11) is 1.67. The van der Waals surface area contributed by atoms with Gasteiger partial charge >= 0.3 is 0 Å². The van der Waals surface area contributed by atoms with E-state index in [0.29, 0.717) is 12.6 Å². The topological polar surface area (TPSA) is 12.0 Å². The quantitative estimate of drug-likeness (QED) is 0.656. The average molecular weight is 268 g/mol. The summed E-state index contributed by atoms with van der Waals surface area (Å²) in [5, 5.41) is 2.76. The van der Waals surface area contributed by atoms with Gasteiger partial charge in [0.15, 0.2) is 0 Å². The van der Waals surface area contributed by atoms with Crippen molar-refractivity contribution in [3.63, 3.8) is 0 Å². The van der Waals surface area contributed by atoms with Gasteiger partial charge in [-0.25, -0.2) is 13.2 Å². The second-order valence-corrected chi connectivity index (χ2v) is 3.59. The van der Waals surface area contributed by atoms with Crippen molar-refractivity contribution in [1.29, 1.82) is 0 Å². The van der Waals surface area contributed by atoms with Gasteiger partial charge in [0.2, 0.25) is 0 Å². The first-order valence-corrected chi connectivity index (χ1v) is 4.83. The molecule has 0 aliphatic heterocycles. The molecule has 0 saturated carbocycles. The van der Waals surface area contributed by atoms with Crippen LogP contribution in [0.1, 0.15) is 5.56 Å². The highest BCUT2D eigenvalue weighted by atomic mass is 79.9. The number of nitrogens with one attached hydrogen (secondary N) is 1. The Hall–Kier alpha value is -0.550. The van der Waals surface area contributed by atoms with Gasteiger partial charge < -0.3 is 5.32 Å². The fourth-order valence-corrected chi connectivity index (χ4v) is 1.44. The lowest BCUT2D eigenvalue weighted by atomic mass is 10.1. The molecule has 0 amide bonds. The Balaban J connectivity index is 3.09. The van der Waals surface area contributed by atoms with Gasteiger partial charge in [-0.15, -0.1) is 0 Å². The number of halogens is 4. The molecular formula is C9H9BrF3N. The van der Waals surface area contributed by atoms with Crippen molar-refractivity contribution in [2.24, 2.45) is 0 Å². The monoisotopic (exact) mass is 267 g/mol. The Morgan fingerprint density at radius 2 is 1.93 bits per heavy atom. The predicted molar refractivity (Wildman–Crippen MR) is 51.6 cm³/mol. The van der Waals surface area contributed by atoms with Crippen LogP contribution in [0.25, 0.3) is 0 Å². The molecule has 14 heavy (non-hydrogen) atoms. The summed E-state index contributed by atoms with van der Waals surface area (Å²) in [6.45, 7) is 0.436. The van der Waals surface area contributed by atoms with Crippen molar-refractivity contribution in [1.82, 2.24) is 5.32 Å². The van der Waals surface area contributed by atoms with Crippen LogP contribution < -0.4 is 5.32 Å². The highest BCUT2D eigenvalue weighted by Gasteiger charge is 2.16. The maximum atomic E-state index is 13.3. The number of hydrogen-bond acceptors (Lipinski definition) is 1. The fraction of sp³-hybridized carbons (Fsp3) is 0.333. The molecule has 0 spiro atoms. The molecule has 1 aromatic carbocycles. The average Bonchev–Trinajstić information content (AvgIpc) is 2.14. The van der Waals surface area contributed by atoms with Crippen LogP contribution in [-0.4, -0.2) is 13.6 Å². The largest absolute Gasteiger partial charge is 0.319 e. The van der Waals surface area contributed by atoms with Crippen molar-refractivity contribution in [3.8, 4) is 0 Å². The first-order valence-electron chi connectivity index (χ1n) is 4.04. The van der Waals surface area contributed by atoms with Crippen molar-refractivity contribution >= 4 is 15.9 Å². The second-order valence-electron chi connectivity index (χ2n) is 2.80. The maximum Gasteiger partial charge on any atom is 0.146 e. The second kappa shape index (κ2) is 4.79. The molecule has 0 heterocycles. The molecule has 1 N–H and O–H groups in total. The van der Waals surface area contributed by atoms with E-state index in [2.05, 4.69) is 21.2 Å². The molecule has 1 aromatic rings. The standard InChI is InChI=1S/C9H9BrF3N/c1-14-3-2-5-6(11)4-7(12)8(10)9(5)13/h4,14H,2-3H2,1H3. The zero-order valence-corrected chi connectivity index (χ0v) is 9.09. The van der Waals surface area contributed by atoms with Gasteiger partial charge in [0.25, 0.3) is 0 Å². The van der Waals surface area contributed by atoms with Gasteiger partial charge in [0, 0.05) is 11.6 Å². The van der Waals surface area contributed by atoms with E-state index in [0.717, 1.165) is 0 Å². The van der Waals surface area contributed by atoms with Crippen molar-refractivity contribution in [3.05, 3.63) is 33.6 Å². The Morgan fingerprint density at radius 3 is 2.50 bits per heavy atom. The minimum atomic E-state index is -0.923. The number of hydrogen-bond donors (Lipinski definition) is 1. The molecule has 1 rings (SSSR count). The lowest BCUT2D eigenvalue weighted by Crippen LogP contribution is -2.13. The molecule has 0 atom stereocenters. The van der Waals surface area contributed by atoms with Crippen LogP contribution in [0.4, 0.5) is 13.2 Å². The first kappa shape index (κ1) is 11.5. The Kier molecular flexibility index (Phi) is 3.95. The smallest absolute Gasteiger partial charge is 0.146 e. The SMILES string of the molecule is CNCCc1c(F)cc(F)c(Br)c1F. The van der Waals surface area contributed by atoms with Crippen LogP contribution in [0.2, 0.25) is 0 Å². The predicted octanol–water partition coefficient (Wildman–Crippen LogP) is 2.63. The first-order chi connectivity index (χ1) is 6.57. The van der Waals surface area contributed by atoms with E-state index in [1.165, 1.54) is 0 Å². The van der Waals surface area contributed by atoms with Crippen molar-refractivity contribution in [2.75, 3.05) is 13.6 Å². The molecular weight excluding hydrogens is 259 g/mol. The third-order valence-electron chi connectivity index (χ3n) is 1.83. The minimum absolute atomic E-state index is 0.104. The maximum absolute atomic E-state index is 13.3. The summed E-state index contributed by atoms with van der Waals surface area (Å²) < 4.78 is 38.9. The van der Waals surface area contributed by atoms with Gasteiger partial charge in [0.05, 0.1) is 4.47 Å². The Labute approximate surface area is 88.4 Å². The fourth-order valence-electron chi connectivity index (χ4n) is 1.08. The third kappa shape index (κ3) is 2.27. The lowest BCUT2D eigenvalue weighted by molar-refractivity contribution is 0.513. The van der Waals surface area contributed by atoms with Crippen molar-refractivity contribution < 1.29 is 13.2 Å². The summed E-state index contributed by atoms with van der Waals surface area (Å²) in [4.78, 5) is 0. The van der Waals surface area contributed by atoms with Gasteiger partial charge in [-0.2, -0.15) is 0 Å². The molecule has 0 saturated heterocycles. The highest BCUT2D eigenvalue weighted by molar-refractivity contribution is 9.10. The number of benzene rings is 1. The lowest BCUT2D eigenvalue weighted by Gasteiger charge is -2.06. The molecule has 5 heteroatoms. The van der Waals surface area contributed by atoms with Crippen molar-refractivity contribution in [2.45, 2.75) is 6.42 Å². The third-order valence-corrected chi connectivity index (χ3v) is 2.56. The van der Waals surface area contributed by atoms with E-state index in [1.54, 1.807) is 7.05 Å².